The van der Waals surface area contributed by atoms with Crippen molar-refractivity contribution < 1.29 is 19.1 Å². The number of ether oxygens (including phenoxy) is 2. The van der Waals surface area contributed by atoms with E-state index in [-0.39, 0.29) is 24.6 Å². The molecule has 31 heavy (non-hydrogen) atoms. The number of nitrogens with one attached hydrogen (secondary N) is 2. The van der Waals surface area contributed by atoms with Gasteiger partial charge in [0.1, 0.15) is 0 Å². The molecule has 1 atom stereocenters. The van der Waals surface area contributed by atoms with Crippen LogP contribution in [0.2, 0.25) is 5.02 Å². The molecule has 0 aliphatic carbocycles. The van der Waals surface area contributed by atoms with Crippen LogP contribution in [0.4, 0.5) is 5.69 Å². The van der Waals surface area contributed by atoms with Crippen molar-refractivity contribution in [3.05, 3.63) is 61.9 Å². The highest BCUT2D eigenvalue weighted by molar-refractivity contribution is 9.10. The molecule has 1 fully saturated rings. The summed E-state index contributed by atoms with van der Waals surface area (Å²) in [4.78, 5) is 24.5. The van der Waals surface area contributed by atoms with Crippen LogP contribution in [-0.4, -0.2) is 30.6 Å². The fraction of sp³-hybridized carbons (Fsp3) is 0.273. The Kier molecular flexibility index (Phi) is 8.28. The number of thioether (sulfide) groups is 1. The van der Waals surface area contributed by atoms with Gasteiger partial charge in [-0.2, -0.15) is 0 Å². The fourth-order valence-electron chi connectivity index (χ4n) is 2.84. The molecule has 0 saturated carbocycles. The number of carbonyl (C=O) groups excluding carboxylic acids is 2. The molecular formula is C22H22BrClN2O4S. The summed E-state index contributed by atoms with van der Waals surface area (Å²) in [5, 5.41) is 6.53. The van der Waals surface area contributed by atoms with Crippen LogP contribution in [0.1, 0.15) is 25.0 Å². The van der Waals surface area contributed by atoms with Gasteiger partial charge in [0, 0.05) is 5.69 Å². The first-order valence-electron chi connectivity index (χ1n) is 9.71. The third-order valence-corrected chi connectivity index (χ3v) is 6.25. The standard InChI is InChI=1S/C22H22BrClN2O4S/c1-3-13-5-7-15(8-6-13)25-22-26-21(28)18(31-22)11-14-9-16(23)20(17(24)10-14)30-12-19(27)29-4-2/h5-11,22,25H,3-4,12H2,1-2H3,(H,26,28)/b18-11-/t22-/m1/s1. The third kappa shape index (κ3) is 6.41. The minimum absolute atomic E-state index is 0.164. The minimum atomic E-state index is -0.474. The Balaban J connectivity index is 1.67. The molecule has 0 bridgehead atoms. The predicted molar refractivity (Wildman–Crippen MR) is 128 cm³/mol. The summed E-state index contributed by atoms with van der Waals surface area (Å²) in [7, 11) is 0. The van der Waals surface area contributed by atoms with E-state index in [1.807, 2.05) is 12.1 Å². The Bertz CT molecular complexity index is 975. The van der Waals surface area contributed by atoms with Gasteiger partial charge >= 0.3 is 5.97 Å². The predicted octanol–water partition coefficient (Wildman–Crippen LogP) is 5.21. The number of carbonyl (C=O) groups is 2. The molecule has 0 spiro atoms. The van der Waals surface area contributed by atoms with Crippen LogP contribution in [0.5, 0.6) is 5.75 Å². The summed E-state index contributed by atoms with van der Waals surface area (Å²) in [6, 6.07) is 11.6. The lowest BCUT2D eigenvalue weighted by molar-refractivity contribution is -0.145. The molecule has 164 valence electrons. The van der Waals surface area contributed by atoms with Crippen molar-refractivity contribution in [2.24, 2.45) is 0 Å². The zero-order valence-corrected chi connectivity index (χ0v) is 20.2. The summed E-state index contributed by atoms with van der Waals surface area (Å²) in [5.74, 6) is -0.295. The smallest absolute Gasteiger partial charge is 0.344 e. The summed E-state index contributed by atoms with van der Waals surface area (Å²) < 4.78 is 10.9. The van der Waals surface area contributed by atoms with Gasteiger partial charge in [0.2, 0.25) is 0 Å². The van der Waals surface area contributed by atoms with Crippen molar-refractivity contribution in [3.63, 3.8) is 0 Å². The van der Waals surface area contributed by atoms with E-state index in [0.717, 1.165) is 17.7 Å². The van der Waals surface area contributed by atoms with Gasteiger partial charge in [-0.1, -0.05) is 42.4 Å². The number of anilines is 1. The molecule has 1 amide bonds. The van der Waals surface area contributed by atoms with E-state index >= 15 is 0 Å². The largest absolute Gasteiger partial charge is 0.479 e. The number of esters is 1. The lowest BCUT2D eigenvalue weighted by Crippen LogP contribution is -2.30. The summed E-state index contributed by atoms with van der Waals surface area (Å²) in [6.45, 7) is 3.87. The second kappa shape index (κ2) is 10.9. The Morgan fingerprint density at radius 2 is 2.03 bits per heavy atom. The van der Waals surface area contributed by atoms with Crippen LogP contribution in [0.25, 0.3) is 6.08 Å². The van der Waals surface area contributed by atoms with Crippen LogP contribution < -0.4 is 15.4 Å². The lowest BCUT2D eigenvalue weighted by Gasteiger charge is -2.13. The van der Waals surface area contributed by atoms with Gasteiger partial charge in [0.25, 0.3) is 5.91 Å². The van der Waals surface area contributed by atoms with Crippen molar-refractivity contribution in [2.75, 3.05) is 18.5 Å². The topological polar surface area (TPSA) is 76.7 Å². The molecule has 2 aromatic carbocycles. The Labute approximate surface area is 198 Å². The number of benzene rings is 2. The van der Waals surface area contributed by atoms with Gasteiger partial charge in [-0.15, -0.1) is 0 Å². The fourth-order valence-corrected chi connectivity index (χ4v) is 4.81. The number of rotatable bonds is 8. The maximum atomic E-state index is 12.4. The third-order valence-electron chi connectivity index (χ3n) is 4.35. The number of hydrogen-bond acceptors (Lipinski definition) is 6. The van der Waals surface area contributed by atoms with E-state index in [9.17, 15) is 9.59 Å². The molecule has 9 heteroatoms. The van der Waals surface area contributed by atoms with Crippen LogP contribution >= 0.6 is 39.3 Å². The van der Waals surface area contributed by atoms with E-state index in [1.165, 1.54) is 17.3 Å². The summed E-state index contributed by atoms with van der Waals surface area (Å²) >= 11 is 11.1. The van der Waals surface area contributed by atoms with Crippen LogP contribution in [0.15, 0.2) is 45.8 Å². The lowest BCUT2D eigenvalue weighted by atomic mass is 10.1. The van der Waals surface area contributed by atoms with Crippen molar-refractivity contribution in [1.82, 2.24) is 5.32 Å². The molecular weight excluding hydrogens is 504 g/mol. The second-order valence-corrected chi connectivity index (χ2v) is 8.99. The average Bonchev–Trinajstić information content (AvgIpc) is 3.06. The van der Waals surface area contributed by atoms with Crippen LogP contribution in [-0.2, 0) is 20.7 Å². The summed E-state index contributed by atoms with van der Waals surface area (Å²) in [6.07, 6.45) is 2.74. The number of aryl methyl sites for hydroxylation is 1. The Morgan fingerprint density at radius 1 is 1.29 bits per heavy atom. The molecule has 2 aromatic rings. The molecule has 0 unspecified atom stereocenters. The maximum Gasteiger partial charge on any atom is 0.344 e. The van der Waals surface area contributed by atoms with Gasteiger partial charge < -0.3 is 20.1 Å². The van der Waals surface area contributed by atoms with E-state index in [0.29, 0.717) is 20.2 Å². The minimum Gasteiger partial charge on any atom is -0.479 e. The van der Waals surface area contributed by atoms with Gasteiger partial charge in [0.05, 0.1) is 21.0 Å². The van der Waals surface area contributed by atoms with Gasteiger partial charge in [-0.05, 0) is 70.7 Å². The zero-order valence-electron chi connectivity index (χ0n) is 17.0. The number of halogens is 2. The van der Waals surface area contributed by atoms with Crippen molar-refractivity contribution in [3.8, 4) is 5.75 Å². The summed E-state index contributed by atoms with van der Waals surface area (Å²) in [5.41, 5.74) is 2.65. The van der Waals surface area contributed by atoms with Gasteiger partial charge in [0.15, 0.2) is 17.9 Å². The SMILES string of the molecule is CCOC(=O)COc1c(Cl)cc(/C=C2\S[C@H](Nc3ccc(CC)cc3)NC2=O)cc1Br. The van der Waals surface area contributed by atoms with E-state index in [2.05, 4.69) is 45.6 Å². The normalized spacial score (nSPS) is 16.8. The quantitative estimate of drug-likeness (QED) is 0.364. The van der Waals surface area contributed by atoms with E-state index in [1.54, 1.807) is 25.1 Å². The number of hydrogen-bond donors (Lipinski definition) is 2. The molecule has 0 aromatic heterocycles. The maximum absolute atomic E-state index is 12.4. The van der Waals surface area contributed by atoms with Crippen molar-refractivity contribution in [2.45, 2.75) is 25.8 Å². The second-order valence-electron chi connectivity index (χ2n) is 6.58. The van der Waals surface area contributed by atoms with E-state index < -0.39 is 5.97 Å². The first-order valence-corrected chi connectivity index (χ1v) is 11.8. The van der Waals surface area contributed by atoms with E-state index in [4.69, 9.17) is 21.1 Å². The van der Waals surface area contributed by atoms with Crippen molar-refractivity contribution in [1.29, 1.82) is 0 Å². The first-order chi connectivity index (χ1) is 14.9. The molecule has 6 nitrogen and oxygen atoms in total. The molecule has 3 rings (SSSR count). The van der Waals surface area contributed by atoms with Crippen molar-refractivity contribution >= 4 is 62.9 Å². The molecule has 1 saturated heterocycles. The molecule has 1 heterocycles. The van der Waals surface area contributed by atoms with Crippen LogP contribution in [0, 0.1) is 0 Å². The number of amides is 1. The monoisotopic (exact) mass is 524 g/mol. The molecule has 2 N–H and O–H groups in total. The molecule has 1 aliphatic heterocycles. The molecule has 0 radical (unpaired) electrons. The zero-order chi connectivity index (χ0) is 22.4. The van der Waals surface area contributed by atoms with Gasteiger partial charge in [-0.3, -0.25) is 4.79 Å². The van der Waals surface area contributed by atoms with Gasteiger partial charge in [-0.25, -0.2) is 4.79 Å². The Morgan fingerprint density at radius 3 is 2.68 bits per heavy atom. The highest BCUT2D eigenvalue weighted by atomic mass is 79.9. The highest BCUT2D eigenvalue weighted by Crippen LogP contribution is 2.37. The molecule has 1 aliphatic rings. The first kappa shape index (κ1) is 23.5. The van der Waals surface area contributed by atoms with Crippen LogP contribution in [0.3, 0.4) is 0 Å². The average molecular weight is 526 g/mol. The Hall–Kier alpha value is -2.16. The highest BCUT2D eigenvalue weighted by Gasteiger charge is 2.27.